The minimum Gasteiger partial charge on any atom is -0.396 e. The van der Waals surface area contributed by atoms with Gasteiger partial charge in [-0.2, -0.15) is 0 Å². The number of benzene rings is 1. The van der Waals surface area contributed by atoms with Gasteiger partial charge in [0.05, 0.1) is 5.69 Å². The predicted molar refractivity (Wildman–Crippen MR) is 76.9 cm³/mol. The molecule has 1 aromatic heterocycles. The van der Waals surface area contributed by atoms with E-state index in [9.17, 15) is 4.79 Å². The van der Waals surface area contributed by atoms with E-state index in [2.05, 4.69) is 20.8 Å². The number of nitrogens with zero attached hydrogens (tertiary/aromatic N) is 4. The van der Waals surface area contributed by atoms with Crippen LogP contribution in [-0.4, -0.2) is 43.9 Å². The molecule has 7 heteroatoms. The maximum absolute atomic E-state index is 12.2. The van der Waals surface area contributed by atoms with Crippen molar-refractivity contribution in [1.82, 2.24) is 25.5 Å². The van der Waals surface area contributed by atoms with Crippen LogP contribution in [0.3, 0.4) is 0 Å². The lowest BCUT2D eigenvalue weighted by molar-refractivity contribution is 0.0916. The number of amides is 1. The molecule has 1 heterocycles. The average molecular weight is 289 g/mol. The molecule has 2 N–H and O–H groups in total. The number of carbonyl (C=O) groups is 1. The third kappa shape index (κ3) is 3.85. The Morgan fingerprint density at radius 3 is 2.57 bits per heavy atom. The SMILES string of the molecule is CC(C)C(CCO)NC(=O)c1ccc(-n2cnnn2)cc1. The summed E-state index contributed by atoms with van der Waals surface area (Å²) >= 11 is 0. The van der Waals surface area contributed by atoms with Crippen LogP contribution in [0, 0.1) is 5.92 Å². The van der Waals surface area contributed by atoms with Gasteiger partial charge in [0.25, 0.3) is 5.91 Å². The number of aliphatic hydroxyl groups excluding tert-OH is 1. The predicted octanol–water partition coefficient (Wildman–Crippen LogP) is 0.799. The highest BCUT2D eigenvalue weighted by atomic mass is 16.3. The number of tetrazole rings is 1. The van der Waals surface area contributed by atoms with Gasteiger partial charge in [-0.15, -0.1) is 5.10 Å². The molecule has 0 radical (unpaired) electrons. The first kappa shape index (κ1) is 15.1. The molecule has 21 heavy (non-hydrogen) atoms. The van der Waals surface area contributed by atoms with Gasteiger partial charge in [0.2, 0.25) is 0 Å². The quantitative estimate of drug-likeness (QED) is 0.820. The van der Waals surface area contributed by atoms with Crippen molar-refractivity contribution in [2.75, 3.05) is 6.61 Å². The van der Waals surface area contributed by atoms with E-state index in [1.165, 1.54) is 11.0 Å². The molecule has 1 unspecified atom stereocenters. The Labute approximate surface area is 123 Å². The summed E-state index contributed by atoms with van der Waals surface area (Å²) in [6.45, 7) is 4.09. The Morgan fingerprint density at radius 2 is 2.05 bits per heavy atom. The van der Waals surface area contributed by atoms with Crippen LogP contribution in [0.15, 0.2) is 30.6 Å². The molecule has 0 saturated heterocycles. The first-order valence-corrected chi connectivity index (χ1v) is 6.87. The fourth-order valence-electron chi connectivity index (χ4n) is 2.01. The van der Waals surface area contributed by atoms with Crippen LogP contribution in [0.25, 0.3) is 5.69 Å². The molecule has 0 aliphatic heterocycles. The van der Waals surface area contributed by atoms with Crippen LogP contribution >= 0.6 is 0 Å². The van der Waals surface area contributed by atoms with Gasteiger partial charge < -0.3 is 10.4 Å². The second-order valence-electron chi connectivity index (χ2n) is 5.14. The summed E-state index contributed by atoms with van der Waals surface area (Å²) in [5, 5.41) is 22.9. The van der Waals surface area contributed by atoms with E-state index >= 15 is 0 Å². The zero-order valence-corrected chi connectivity index (χ0v) is 12.1. The number of nitrogens with one attached hydrogen (secondary N) is 1. The highest BCUT2D eigenvalue weighted by Gasteiger charge is 2.16. The summed E-state index contributed by atoms with van der Waals surface area (Å²) in [4.78, 5) is 12.2. The largest absolute Gasteiger partial charge is 0.396 e. The van der Waals surface area contributed by atoms with E-state index in [1.807, 2.05) is 13.8 Å². The van der Waals surface area contributed by atoms with Crippen molar-refractivity contribution in [1.29, 1.82) is 0 Å². The maximum atomic E-state index is 12.2. The Kier molecular flexibility index (Phi) is 4.99. The third-order valence-electron chi connectivity index (χ3n) is 3.30. The molecule has 0 aliphatic rings. The van der Waals surface area contributed by atoms with Crippen molar-refractivity contribution in [3.63, 3.8) is 0 Å². The highest BCUT2D eigenvalue weighted by molar-refractivity contribution is 5.94. The topological polar surface area (TPSA) is 92.9 Å². The second-order valence-corrected chi connectivity index (χ2v) is 5.14. The molecule has 1 amide bonds. The number of aliphatic hydroxyl groups is 1. The third-order valence-corrected chi connectivity index (χ3v) is 3.30. The molecule has 2 rings (SSSR count). The number of carbonyl (C=O) groups excluding carboxylic acids is 1. The van der Waals surface area contributed by atoms with Crippen LogP contribution in [0.4, 0.5) is 0 Å². The first-order valence-electron chi connectivity index (χ1n) is 6.87. The Bertz CT molecular complexity index is 566. The summed E-state index contributed by atoms with van der Waals surface area (Å²) in [5.74, 6) is 0.118. The molecular weight excluding hydrogens is 270 g/mol. The molecule has 112 valence electrons. The Hall–Kier alpha value is -2.28. The molecule has 0 saturated carbocycles. The molecule has 0 fully saturated rings. The van der Waals surface area contributed by atoms with E-state index in [1.54, 1.807) is 24.3 Å². The fraction of sp³-hybridized carbons (Fsp3) is 0.429. The number of rotatable bonds is 6. The summed E-state index contributed by atoms with van der Waals surface area (Å²) in [5.41, 5.74) is 1.35. The molecule has 0 bridgehead atoms. The van der Waals surface area contributed by atoms with E-state index in [4.69, 9.17) is 5.11 Å². The maximum Gasteiger partial charge on any atom is 0.251 e. The molecule has 1 atom stereocenters. The van der Waals surface area contributed by atoms with Crippen LogP contribution < -0.4 is 5.32 Å². The van der Waals surface area contributed by atoms with Gasteiger partial charge >= 0.3 is 0 Å². The van der Waals surface area contributed by atoms with Crippen LogP contribution in [0.2, 0.25) is 0 Å². The minimum atomic E-state index is -0.148. The monoisotopic (exact) mass is 289 g/mol. The van der Waals surface area contributed by atoms with Gasteiger partial charge in [-0.3, -0.25) is 4.79 Å². The van der Waals surface area contributed by atoms with Gasteiger partial charge in [-0.1, -0.05) is 13.8 Å². The number of aromatic nitrogens is 4. The fourth-order valence-corrected chi connectivity index (χ4v) is 2.01. The minimum absolute atomic E-state index is 0.0401. The van der Waals surface area contributed by atoms with Gasteiger partial charge in [-0.25, -0.2) is 4.68 Å². The zero-order chi connectivity index (χ0) is 15.2. The van der Waals surface area contributed by atoms with Gasteiger partial charge in [0.1, 0.15) is 6.33 Å². The second kappa shape index (κ2) is 6.94. The summed E-state index contributed by atoms with van der Waals surface area (Å²) in [7, 11) is 0. The van der Waals surface area contributed by atoms with Crippen molar-refractivity contribution in [2.45, 2.75) is 26.3 Å². The molecule has 7 nitrogen and oxygen atoms in total. The van der Waals surface area contributed by atoms with E-state index < -0.39 is 0 Å². The van der Waals surface area contributed by atoms with Crippen LogP contribution in [0.5, 0.6) is 0 Å². The van der Waals surface area contributed by atoms with E-state index in [-0.39, 0.29) is 24.5 Å². The molecule has 1 aromatic carbocycles. The Morgan fingerprint density at radius 1 is 1.33 bits per heavy atom. The lowest BCUT2D eigenvalue weighted by atomic mass is 10.0. The van der Waals surface area contributed by atoms with Gasteiger partial charge in [-0.05, 0) is 47.0 Å². The van der Waals surface area contributed by atoms with Crippen molar-refractivity contribution >= 4 is 5.91 Å². The van der Waals surface area contributed by atoms with Crippen LogP contribution in [-0.2, 0) is 0 Å². The number of hydrogen-bond donors (Lipinski definition) is 2. The summed E-state index contributed by atoms with van der Waals surface area (Å²) < 4.78 is 1.52. The summed E-state index contributed by atoms with van der Waals surface area (Å²) in [6.07, 6.45) is 2.04. The zero-order valence-electron chi connectivity index (χ0n) is 12.1. The lowest BCUT2D eigenvalue weighted by Gasteiger charge is -2.21. The molecule has 0 spiro atoms. The van der Waals surface area contributed by atoms with E-state index in [0.717, 1.165) is 5.69 Å². The smallest absolute Gasteiger partial charge is 0.251 e. The van der Waals surface area contributed by atoms with E-state index in [0.29, 0.717) is 12.0 Å². The van der Waals surface area contributed by atoms with Crippen molar-refractivity contribution in [3.8, 4) is 5.69 Å². The molecular formula is C14H19N5O2. The molecule has 2 aromatic rings. The highest BCUT2D eigenvalue weighted by Crippen LogP contribution is 2.10. The molecule has 0 aliphatic carbocycles. The lowest BCUT2D eigenvalue weighted by Crippen LogP contribution is -2.39. The van der Waals surface area contributed by atoms with Crippen molar-refractivity contribution < 1.29 is 9.90 Å². The van der Waals surface area contributed by atoms with Gasteiger partial charge in [0, 0.05) is 18.2 Å². The first-order chi connectivity index (χ1) is 10.1. The van der Waals surface area contributed by atoms with Gasteiger partial charge in [0.15, 0.2) is 0 Å². The standard InChI is InChI=1S/C14H19N5O2/c1-10(2)13(7-8-20)16-14(21)11-3-5-12(6-4-11)19-9-15-17-18-19/h3-6,9-10,13,20H,7-8H2,1-2H3,(H,16,21). The van der Waals surface area contributed by atoms with Crippen molar-refractivity contribution in [2.24, 2.45) is 5.92 Å². The van der Waals surface area contributed by atoms with Crippen molar-refractivity contribution in [3.05, 3.63) is 36.2 Å². The van der Waals surface area contributed by atoms with Crippen LogP contribution in [0.1, 0.15) is 30.6 Å². The number of hydrogen-bond acceptors (Lipinski definition) is 5. The normalized spacial score (nSPS) is 12.4. The summed E-state index contributed by atoms with van der Waals surface area (Å²) in [6, 6.07) is 6.97. The Balaban J connectivity index is 2.06. The average Bonchev–Trinajstić information content (AvgIpc) is 3.01.